The number of amides is 2. The first kappa shape index (κ1) is 19.6. The fourth-order valence-corrected chi connectivity index (χ4v) is 4.07. The molecule has 0 unspecified atom stereocenters. The second-order valence-electron chi connectivity index (χ2n) is 7.18. The highest BCUT2D eigenvalue weighted by Gasteiger charge is 2.22. The highest BCUT2D eigenvalue weighted by atomic mass is 32.1. The Morgan fingerprint density at radius 2 is 1.96 bits per heavy atom. The number of carbonyl (C=O) groups excluding carboxylic acids is 2. The first-order valence-electron chi connectivity index (χ1n) is 9.36. The van der Waals surface area contributed by atoms with Crippen molar-refractivity contribution in [3.8, 4) is 0 Å². The van der Waals surface area contributed by atoms with E-state index in [1.165, 1.54) is 5.56 Å². The smallest absolute Gasteiger partial charge is 0.309 e. The average molecular weight is 390 g/mol. The van der Waals surface area contributed by atoms with Gasteiger partial charge in [0.1, 0.15) is 11.5 Å². The largest absolute Gasteiger partial charge is 0.466 e. The third kappa shape index (κ3) is 5.68. The standard InChI is InChI=1S/C20H27N3O3S/c1-14-9-18(15(2)26-14)12-23-6-3-16(4-7-23)10-21-19(24)20(25)22-11-17-5-8-27-13-17/h5,8-9,13,16H,3-4,6-7,10-12H2,1-2H3,(H,21,24)(H,22,25). The number of likely N-dealkylation sites (tertiary alicyclic amines) is 1. The van der Waals surface area contributed by atoms with Gasteiger partial charge in [-0.3, -0.25) is 14.5 Å². The third-order valence-corrected chi connectivity index (χ3v) is 5.77. The molecule has 0 bridgehead atoms. The van der Waals surface area contributed by atoms with Crippen molar-refractivity contribution < 1.29 is 14.0 Å². The Morgan fingerprint density at radius 1 is 1.22 bits per heavy atom. The molecule has 146 valence electrons. The van der Waals surface area contributed by atoms with Crippen LogP contribution in [0.2, 0.25) is 0 Å². The summed E-state index contributed by atoms with van der Waals surface area (Å²) in [5.74, 6) is 1.26. The Balaban J connectivity index is 1.34. The van der Waals surface area contributed by atoms with Crippen LogP contribution in [-0.4, -0.2) is 36.3 Å². The Kier molecular flexibility index (Phi) is 6.68. The summed E-state index contributed by atoms with van der Waals surface area (Å²) < 4.78 is 5.60. The molecule has 2 amide bonds. The minimum Gasteiger partial charge on any atom is -0.466 e. The van der Waals surface area contributed by atoms with Crippen molar-refractivity contribution in [2.45, 2.75) is 39.8 Å². The van der Waals surface area contributed by atoms with Crippen LogP contribution in [0.1, 0.15) is 35.5 Å². The zero-order valence-electron chi connectivity index (χ0n) is 15.9. The number of nitrogens with one attached hydrogen (secondary N) is 2. The minimum absolute atomic E-state index is 0.390. The van der Waals surface area contributed by atoms with Gasteiger partial charge in [-0.2, -0.15) is 11.3 Å². The normalized spacial score (nSPS) is 15.6. The maximum Gasteiger partial charge on any atom is 0.309 e. The maximum atomic E-state index is 11.9. The van der Waals surface area contributed by atoms with Crippen LogP contribution in [0, 0.1) is 19.8 Å². The van der Waals surface area contributed by atoms with Gasteiger partial charge in [-0.15, -0.1) is 0 Å². The molecule has 3 heterocycles. The van der Waals surface area contributed by atoms with Gasteiger partial charge in [-0.25, -0.2) is 0 Å². The number of furan rings is 1. The van der Waals surface area contributed by atoms with Crippen molar-refractivity contribution in [2.75, 3.05) is 19.6 Å². The van der Waals surface area contributed by atoms with Crippen molar-refractivity contribution in [1.82, 2.24) is 15.5 Å². The molecular weight excluding hydrogens is 362 g/mol. The quantitative estimate of drug-likeness (QED) is 0.745. The van der Waals surface area contributed by atoms with Gasteiger partial charge in [0.25, 0.3) is 0 Å². The van der Waals surface area contributed by atoms with Gasteiger partial charge in [0.05, 0.1) is 0 Å². The predicted octanol–water partition coefficient (Wildman–Crippen LogP) is 2.60. The summed E-state index contributed by atoms with van der Waals surface area (Å²) in [4.78, 5) is 26.2. The molecule has 7 heteroatoms. The third-order valence-electron chi connectivity index (χ3n) is 5.04. The van der Waals surface area contributed by atoms with Crippen LogP contribution in [0.4, 0.5) is 0 Å². The van der Waals surface area contributed by atoms with Gasteiger partial charge < -0.3 is 15.1 Å². The molecule has 0 aromatic carbocycles. The highest BCUT2D eigenvalue weighted by Crippen LogP contribution is 2.21. The molecule has 2 N–H and O–H groups in total. The van der Waals surface area contributed by atoms with E-state index in [9.17, 15) is 9.59 Å². The Hall–Kier alpha value is -2.12. The zero-order valence-corrected chi connectivity index (χ0v) is 16.7. The Labute approximate surface area is 163 Å². The summed E-state index contributed by atoms with van der Waals surface area (Å²) in [6.07, 6.45) is 2.04. The van der Waals surface area contributed by atoms with Crippen molar-refractivity contribution in [1.29, 1.82) is 0 Å². The fraction of sp³-hybridized carbons (Fsp3) is 0.500. The number of carbonyl (C=O) groups is 2. The van der Waals surface area contributed by atoms with Gasteiger partial charge in [0, 0.05) is 25.2 Å². The molecule has 1 saturated heterocycles. The molecule has 1 aliphatic rings. The zero-order chi connectivity index (χ0) is 19.2. The minimum atomic E-state index is -0.565. The number of hydrogen-bond acceptors (Lipinski definition) is 5. The van der Waals surface area contributed by atoms with Crippen LogP contribution in [-0.2, 0) is 22.7 Å². The fourth-order valence-electron chi connectivity index (χ4n) is 3.40. The molecule has 0 atom stereocenters. The molecule has 6 nitrogen and oxygen atoms in total. The van der Waals surface area contributed by atoms with E-state index in [2.05, 4.69) is 21.6 Å². The van der Waals surface area contributed by atoms with Crippen molar-refractivity contribution in [3.05, 3.63) is 45.5 Å². The van der Waals surface area contributed by atoms with Crippen LogP contribution in [0.5, 0.6) is 0 Å². The van der Waals surface area contributed by atoms with Crippen LogP contribution in [0.15, 0.2) is 27.3 Å². The molecule has 27 heavy (non-hydrogen) atoms. The van der Waals surface area contributed by atoms with Gasteiger partial charge in [-0.1, -0.05) is 0 Å². The molecule has 0 saturated carbocycles. The van der Waals surface area contributed by atoms with E-state index in [4.69, 9.17) is 4.42 Å². The van der Waals surface area contributed by atoms with E-state index in [-0.39, 0.29) is 0 Å². The first-order valence-corrected chi connectivity index (χ1v) is 10.3. The van der Waals surface area contributed by atoms with E-state index >= 15 is 0 Å². The lowest BCUT2D eigenvalue weighted by Gasteiger charge is -2.31. The van der Waals surface area contributed by atoms with E-state index in [0.29, 0.717) is 19.0 Å². The van der Waals surface area contributed by atoms with Gasteiger partial charge in [0.2, 0.25) is 0 Å². The van der Waals surface area contributed by atoms with Gasteiger partial charge in [0.15, 0.2) is 0 Å². The van der Waals surface area contributed by atoms with E-state index in [0.717, 1.165) is 49.6 Å². The number of aryl methyl sites for hydroxylation is 2. The molecule has 2 aromatic rings. The number of thiophene rings is 1. The Bertz CT molecular complexity index is 762. The maximum absolute atomic E-state index is 11.9. The molecule has 0 radical (unpaired) electrons. The van der Waals surface area contributed by atoms with Crippen LogP contribution in [0.25, 0.3) is 0 Å². The van der Waals surface area contributed by atoms with Crippen molar-refractivity contribution >= 4 is 23.2 Å². The molecule has 0 aliphatic carbocycles. The summed E-state index contributed by atoms with van der Waals surface area (Å²) in [7, 11) is 0. The van der Waals surface area contributed by atoms with E-state index < -0.39 is 11.8 Å². The lowest BCUT2D eigenvalue weighted by molar-refractivity contribution is -0.139. The van der Waals surface area contributed by atoms with Gasteiger partial charge in [-0.05, 0) is 74.2 Å². The molecular formula is C20H27N3O3S. The van der Waals surface area contributed by atoms with Crippen LogP contribution < -0.4 is 10.6 Å². The summed E-state index contributed by atoms with van der Waals surface area (Å²) in [5, 5.41) is 9.33. The summed E-state index contributed by atoms with van der Waals surface area (Å²) in [6.45, 7) is 7.83. The predicted molar refractivity (Wildman–Crippen MR) is 105 cm³/mol. The van der Waals surface area contributed by atoms with E-state index in [1.807, 2.05) is 30.7 Å². The molecule has 0 spiro atoms. The monoisotopic (exact) mass is 389 g/mol. The first-order chi connectivity index (χ1) is 13.0. The molecule has 1 aliphatic heterocycles. The van der Waals surface area contributed by atoms with Crippen molar-refractivity contribution in [3.63, 3.8) is 0 Å². The molecule has 1 fully saturated rings. The lowest BCUT2D eigenvalue weighted by atomic mass is 9.96. The number of piperidine rings is 1. The summed E-state index contributed by atoms with van der Waals surface area (Å²) in [5.41, 5.74) is 2.26. The Morgan fingerprint density at radius 3 is 2.59 bits per heavy atom. The lowest BCUT2D eigenvalue weighted by Crippen LogP contribution is -2.43. The molecule has 3 rings (SSSR count). The SMILES string of the molecule is Cc1cc(CN2CCC(CNC(=O)C(=O)NCc3ccsc3)CC2)c(C)o1. The van der Waals surface area contributed by atoms with E-state index in [1.54, 1.807) is 11.3 Å². The number of rotatable bonds is 6. The van der Waals surface area contributed by atoms with Gasteiger partial charge >= 0.3 is 11.8 Å². The summed E-state index contributed by atoms with van der Waals surface area (Å²) in [6, 6.07) is 4.04. The van der Waals surface area contributed by atoms with Crippen LogP contribution in [0.3, 0.4) is 0 Å². The second-order valence-corrected chi connectivity index (χ2v) is 7.96. The summed E-state index contributed by atoms with van der Waals surface area (Å²) >= 11 is 1.57. The number of hydrogen-bond donors (Lipinski definition) is 2. The molecule has 2 aromatic heterocycles. The highest BCUT2D eigenvalue weighted by molar-refractivity contribution is 7.07. The second kappa shape index (κ2) is 9.19. The average Bonchev–Trinajstić information content (AvgIpc) is 3.28. The topological polar surface area (TPSA) is 74.6 Å². The van der Waals surface area contributed by atoms with Crippen molar-refractivity contribution in [2.24, 2.45) is 5.92 Å². The number of nitrogens with zero attached hydrogens (tertiary/aromatic N) is 1. The van der Waals surface area contributed by atoms with Crippen LogP contribution >= 0.6 is 11.3 Å².